The van der Waals surface area contributed by atoms with Crippen molar-refractivity contribution in [1.29, 1.82) is 0 Å². The van der Waals surface area contributed by atoms with Gasteiger partial charge in [-0.3, -0.25) is 13.9 Å². The van der Waals surface area contributed by atoms with Gasteiger partial charge in [0.1, 0.15) is 12.6 Å². The predicted molar refractivity (Wildman–Crippen MR) is 162 cm³/mol. The molecule has 1 atom stereocenters. The molecule has 1 N–H and O–H groups in total. The molecule has 0 saturated carbocycles. The number of nitrogens with zero attached hydrogens (tertiary/aromatic N) is 2. The molecule has 0 radical (unpaired) electrons. The fourth-order valence-electron chi connectivity index (χ4n) is 4.04. The zero-order valence-corrected chi connectivity index (χ0v) is 26.0. The molecule has 0 aliphatic rings. The molecule has 11 heteroatoms. The van der Waals surface area contributed by atoms with Crippen LogP contribution in [0.15, 0.2) is 71.6 Å². The van der Waals surface area contributed by atoms with Crippen LogP contribution in [0.2, 0.25) is 15.1 Å². The SMILES string of the molecule is Cc1cc(Cl)ccc1N(CC(=O)N(Cc1c(Cl)cccc1Cl)[C@@H](C)C(=O)NC(C)(C)C)S(=O)(=O)c1ccccc1. The highest BCUT2D eigenvalue weighted by molar-refractivity contribution is 7.92. The van der Waals surface area contributed by atoms with Gasteiger partial charge >= 0.3 is 0 Å². The zero-order chi connectivity index (χ0) is 29.8. The number of hydrogen-bond donors (Lipinski definition) is 1. The number of amides is 2. The topological polar surface area (TPSA) is 86.8 Å². The maximum Gasteiger partial charge on any atom is 0.264 e. The van der Waals surface area contributed by atoms with Crippen molar-refractivity contribution < 1.29 is 18.0 Å². The summed E-state index contributed by atoms with van der Waals surface area (Å²) < 4.78 is 28.8. The molecule has 3 aromatic carbocycles. The lowest BCUT2D eigenvalue weighted by Gasteiger charge is -2.34. The molecule has 0 heterocycles. The normalized spacial score (nSPS) is 12.5. The van der Waals surface area contributed by atoms with Crippen molar-refractivity contribution in [1.82, 2.24) is 10.2 Å². The number of hydrogen-bond acceptors (Lipinski definition) is 4. The second-order valence-corrected chi connectivity index (χ2v) is 13.5. The van der Waals surface area contributed by atoms with Gasteiger partial charge in [0.15, 0.2) is 0 Å². The van der Waals surface area contributed by atoms with E-state index in [9.17, 15) is 18.0 Å². The van der Waals surface area contributed by atoms with E-state index in [1.807, 2.05) is 20.8 Å². The lowest BCUT2D eigenvalue weighted by atomic mass is 10.1. The Bertz CT molecular complexity index is 1470. The Labute approximate surface area is 251 Å². The van der Waals surface area contributed by atoms with Crippen molar-refractivity contribution in [2.24, 2.45) is 0 Å². The summed E-state index contributed by atoms with van der Waals surface area (Å²) >= 11 is 19.0. The third kappa shape index (κ3) is 7.69. The summed E-state index contributed by atoms with van der Waals surface area (Å²) in [5.74, 6) is -1.04. The van der Waals surface area contributed by atoms with Crippen molar-refractivity contribution >= 4 is 62.3 Å². The minimum absolute atomic E-state index is 0.0105. The van der Waals surface area contributed by atoms with Gasteiger partial charge in [-0.25, -0.2) is 8.42 Å². The quantitative estimate of drug-likeness (QED) is 0.295. The van der Waals surface area contributed by atoms with E-state index < -0.39 is 40.0 Å². The van der Waals surface area contributed by atoms with Gasteiger partial charge in [0, 0.05) is 32.7 Å². The van der Waals surface area contributed by atoms with Crippen LogP contribution in [0.25, 0.3) is 0 Å². The number of carbonyl (C=O) groups is 2. The maximum atomic E-state index is 14.0. The van der Waals surface area contributed by atoms with E-state index in [0.717, 1.165) is 4.31 Å². The van der Waals surface area contributed by atoms with Crippen molar-refractivity contribution in [2.75, 3.05) is 10.8 Å². The molecule has 0 aliphatic carbocycles. The Hall–Kier alpha value is -2.78. The summed E-state index contributed by atoms with van der Waals surface area (Å²) in [5, 5.41) is 3.94. The van der Waals surface area contributed by atoms with Gasteiger partial charge in [0.2, 0.25) is 11.8 Å². The highest BCUT2D eigenvalue weighted by Crippen LogP contribution is 2.30. The van der Waals surface area contributed by atoms with E-state index in [1.54, 1.807) is 68.4 Å². The number of carbonyl (C=O) groups excluding carboxylic acids is 2. The van der Waals surface area contributed by atoms with E-state index >= 15 is 0 Å². The zero-order valence-electron chi connectivity index (χ0n) is 22.9. The molecule has 2 amide bonds. The lowest BCUT2D eigenvalue weighted by Crippen LogP contribution is -2.54. The summed E-state index contributed by atoms with van der Waals surface area (Å²) in [4.78, 5) is 28.6. The highest BCUT2D eigenvalue weighted by Gasteiger charge is 2.34. The molecule has 3 rings (SSSR count). The van der Waals surface area contributed by atoms with Crippen LogP contribution in [-0.4, -0.2) is 43.3 Å². The van der Waals surface area contributed by atoms with Crippen LogP contribution in [0, 0.1) is 6.92 Å². The summed E-state index contributed by atoms with van der Waals surface area (Å²) in [6.07, 6.45) is 0. The average Bonchev–Trinajstić information content (AvgIpc) is 2.86. The molecule has 40 heavy (non-hydrogen) atoms. The molecule has 0 spiro atoms. The molecule has 7 nitrogen and oxygen atoms in total. The molecule has 0 saturated heterocycles. The van der Waals surface area contributed by atoms with Crippen LogP contribution in [0.1, 0.15) is 38.8 Å². The van der Waals surface area contributed by atoms with E-state index in [0.29, 0.717) is 26.2 Å². The standard InChI is InChI=1S/C29H32Cl3N3O4S/c1-19-16-21(30)14-15-26(19)35(40(38,39)22-10-7-6-8-11-22)18-27(36)34(20(2)28(37)33-29(3,4)5)17-23-24(31)12-9-13-25(23)32/h6-16,20H,17-18H2,1-5H3,(H,33,37)/t20-/m0/s1. The van der Waals surface area contributed by atoms with E-state index in [-0.39, 0.29) is 17.1 Å². The molecular formula is C29H32Cl3N3O4S. The van der Waals surface area contributed by atoms with Gasteiger partial charge in [0.05, 0.1) is 10.6 Å². The van der Waals surface area contributed by atoms with Crippen molar-refractivity contribution in [3.8, 4) is 0 Å². The fourth-order valence-corrected chi connectivity index (χ4v) is 6.29. The minimum atomic E-state index is -4.19. The average molecular weight is 625 g/mol. The minimum Gasteiger partial charge on any atom is -0.350 e. The summed E-state index contributed by atoms with van der Waals surface area (Å²) in [7, 11) is -4.19. The Morgan fingerprint density at radius 2 is 1.52 bits per heavy atom. The molecular weight excluding hydrogens is 593 g/mol. The molecule has 3 aromatic rings. The number of sulfonamides is 1. The predicted octanol–water partition coefficient (Wildman–Crippen LogP) is 6.48. The monoisotopic (exact) mass is 623 g/mol. The third-order valence-corrected chi connectivity index (χ3v) is 8.81. The van der Waals surface area contributed by atoms with Crippen LogP contribution in [0.5, 0.6) is 0 Å². The van der Waals surface area contributed by atoms with Gasteiger partial charge in [-0.05, 0) is 82.6 Å². The van der Waals surface area contributed by atoms with Gasteiger partial charge in [0.25, 0.3) is 10.0 Å². The van der Waals surface area contributed by atoms with Crippen LogP contribution >= 0.6 is 34.8 Å². The molecule has 214 valence electrons. The number of rotatable bonds is 9. The maximum absolute atomic E-state index is 14.0. The Morgan fingerprint density at radius 3 is 2.08 bits per heavy atom. The van der Waals surface area contributed by atoms with Gasteiger partial charge in [-0.2, -0.15) is 0 Å². The van der Waals surface area contributed by atoms with Crippen molar-refractivity contribution in [3.05, 3.63) is 92.9 Å². The van der Waals surface area contributed by atoms with Crippen LogP contribution in [0.4, 0.5) is 5.69 Å². The smallest absolute Gasteiger partial charge is 0.264 e. The van der Waals surface area contributed by atoms with Crippen molar-refractivity contribution in [2.45, 2.75) is 57.6 Å². The van der Waals surface area contributed by atoms with E-state index in [2.05, 4.69) is 5.32 Å². The fraction of sp³-hybridized carbons (Fsp3) is 0.310. The molecule has 0 aromatic heterocycles. The first-order valence-corrected chi connectivity index (χ1v) is 15.1. The highest BCUT2D eigenvalue weighted by atomic mass is 35.5. The number of halogens is 3. The van der Waals surface area contributed by atoms with Gasteiger partial charge in [-0.15, -0.1) is 0 Å². The second-order valence-electron chi connectivity index (χ2n) is 10.4. The number of nitrogens with one attached hydrogen (secondary N) is 1. The number of aryl methyl sites for hydroxylation is 1. The first kappa shape index (κ1) is 31.7. The van der Waals surface area contributed by atoms with Crippen LogP contribution in [0.3, 0.4) is 0 Å². The Kier molecular flexibility index (Phi) is 10.2. The first-order valence-electron chi connectivity index (χ1n) is 12.5. The molecule has 0 bridgehead atoms. The molecule has 0 aliphatic heterocycles. The van der Waals surface area contributed by atoms with Crippen LogP contribution in [-0.2, 0) is 26.2 Å². The Balaban J connectivity index is 2.10. The third-order valence-electron chi connectivity index (χ3n) is 6.09. The summed E-state index contributed by atoms with van der Waals surface area (Å²) in [6, 6.07) is 16.5. The van der Waals surface area contributed by atoms with Crippen LogP contribution < -0.4 is 9.62 Å². The second kappa shape index (κ2) is 12.8. The van der Waals surface area contributed by atoms with Gasteiger partial charge in [-0.1, -0.05) is 59.1 Å². The lowest BCUT2D eigenvalue weighted by molar-refractivity contribution is -0.140. The largest absolute Gasteiger partial charge is 0.350 e. The first-order chi connectivity index (χ1) is 18.6. The Morgan fingerprint density at radius 1 is 0.925 bits per heavy atom. The van der Waals surface area contributed by atoms with Crippen molar-refractivity contribution in [3.63, 3.8) is 0 Å². The van der Waals surface area contributed by atoms with Gasteiger partial charge < -0.3 is 10.2 Å². The molecule has 0 unspecified atom stereocenters. The number of benzene rings is 3. The molecule has 0 fully saturated rings. The van der Waals surface area contributed by atoms with E-state index in [4.69, 9.17) is 34.8 Å². The summed E-state index contributed by atoms with van der Waals surface area (Å²) in [5.41, 5.74) is 0.712. The summed E-state index contributed by atoms with van der Waals surface area (Å²) in [6.45, 7) is 8.06. The number of anilines is 1. The van der Waals surface area contributed by atoms with E-state index in [1.165, 1.54) is 17.0 Å².